The summed E-state index contributed by atoms with van der Waals surface area (Å²) in [6.07, 6.45) is 0.301. The van der Waals surface area contributed by atoms with Crippen LogP contribution in [0, 0.1) is 0 Å². The van der Waals surface area contributed by atoms with Crippen molar-refractivity contribution in [2.45, 2.75) is 19.9 Å². The first kappa shape index (κ1) is 16.8. The summed E-state index contributed by atoms with van der Waals surface area (Å²) in [5.74, 6) is 1.22. The third-order valence-electron chi connectivity index (χ3n) is 2.79. The van der Waals surface area contributed by atoms with Crippen LogP contribution in [-0.4, -0.2) is 39.2 Å². The average Bonchev–Trinajstić information content (AvgIpc) is 2.52. The Balaban J connectivity index is 2.60. The van der Waals surface area contributed by atoms with Crippen molar-refractivity contribution < 1.29 is 14.3 Å². The highest BCUT2D eigenvalue weighted by atomic mass is 16.5. The molecule has 0 bridgehead atoms. The fraction of sp³-hybridized carbons (Fsp3) is 0.467. The van der Waals surface area contributed by atoms with Gasteiger partial charge < -0.3 is 20.1 Å². The Kier molecular flexibility index (Phi) is 7.71. The highest BCUT2D eigenvalue weighted by molar-refractivity contribution is 5.80. The van der Waals surface area contributed by atoms with Gasteiger partial charge in [-0.1, -0.05) is 18.2 Å². The van der Waals surface area contributed by atoms with Crippen LogP contribution in [0.2, 0.25) is 0 Å². The zero-order valence-corrected chi connectivity index (χ0v) is 12.8. The Hall–Kier alpha value is -2.24. The number of para-hydroxylation sites is 1. The summed E-state index contributed by atoms with van der Waals surface area (Å²) >= 11 is 0. The summed E-state index contributed by atoms with van der Waals surface area (Å²) in [5, 5.41) is 6.22. The Morgan fingerprint density at radius 2 is 2.00 bits per heavy atom. The number of guanidine groups is 1. The number of hydrogen-bond acceptors (Lipinski definition) is 4. The van der Waals surface area contributed by atoms with Crippen LogP contribution in [0.3, 0.4) is 0 Å². The normalized spacial score (nSPS) is 10.9. The van der Waals surface area contributed by atoms with Gasteiger partial charge in [0.05, 0.1) is 27.2 Å². The van der Waals surface area contributed by atoms with Crippen molar-refractivity contribution >= 4 is 11.9 Å². The molecule has 0 radical (unpaired) electrons. The number of esters is 1. The number of carbonyl (C=O) groups excluding carboxylic acids is 1. The molecule has 1 aromatic rings. The molecule has 0 saturated heterocycles. The molecule has 0 aliphatic carbocycles. The maximum atomic E-state index is 11.1. The summed E-state index contributed by atoms with van der Waals surface area (Å²) in [4.78, 5) is 15.6. The van der Waals surface area contributed by atoms with Crippen molar-refractivity contribution in [1.82, 2.24) is 10.6 Å². The Morgan fingerprint density at radius 3 is 2.67 bits per heavy atom. The number of aliphatic imine (C=N–C) groups is 1. The molecular weight excluding hydrogens is 270 g/mol. The van der Waals surface area contributed by atoms with E-state index in [2.05, 4.69) is 20.4 Å². The molecule has 6 heteroatoms. The van der Waals surface area contributed by atoms with Crippen LogP contribution >= 0.6 is 0 Å². The predicted octanol–water partition coefficient (Wildman–Crippen LogP) is 1.31. The maximum Gasteiger partial charge on any atom is 0.307 e. The summed E-state index contributed by atoms with van der Waals surface area (Å²) in [5.41, 5.74) is 1.00. The van der Waals surface area contributed by atoms with Crippen LogP contribution in [0.15, 0.2) is 29.3 Å². The number of methoxy groups -OCH3 is 2. The maximum absolute atomic E-state index is 11.1. The lowest BCUT2D eigenvalue weighted by molar-refractivity contribution is -0.140. The first-order valence-electron chi connectivity index (χ1n) is 6.92. The van der Waals surface area contributed by atoms with Crippen LogP contribution in [-0.2, 0) is 16.1 Å². The Morgan fingerprint density at radius 1 is 1.24 bits per heavy atom. The van der Waals surface area contributed by atoms with Gasteiger partial charge in [0, 0.05) is 18.7 Å². The number of nitrogens with zero attached hydrogens (tertiary/aromatic N) is 1. The minimum atomic E-state index is -0.247. The van der Waals surface area contributed by atoms with E-state index < -0.39 is 0 Å². The van der Waals surface area contributed by atoms with Gasteiger partial charge in [0.15, 0.2) is 5.96 Å². The van der Waals surface area contributed by atoms with Crippen LogP contribution in [0.25, 0.3) is 0 Å². The second-order valence-electron chi connectivity index (χ2n) is 4.26. The molecule has 21 heavy (non-hydrogen) atoms. The Bertz CT molecular complexity index is 475. The molecule has 0 saturated carbocycles. The monoisotopic (exact) mass is 293 g/mol. The molecule has 0 atom stereocenters. The third-order valence-corrected chi connectivity index (χ3v) is 2.79. The van der Waals surface area contributed by atoms with E-state index in [0.717, 1.165) is 17.9 Å². The van der Waals surface area contributed by atoms with E-state index in [1.165, 1.54) is 7.11 Å². The average molecular weight is 293 g/mol. The van der Waals surface area contributed by atoms with Crippen LogP contribution in [0.1, 0.15) is 18.9 Å². The second kappa shape index (κ2) is 9.63. The van der Waals surface area contributed by atoms with Crippen LogP contribution in [0.5, 0.6) is 5.75 Å². The molecule has 6 nitrogen and oxygen atoms in total. The van der Waals surface area contributed by atoms with Gasteiger partial charge in [0.1, 0.15) is 5.75 Å². The van der Waals surface area contributed by atoms with Gasteiger partial charge in [0.2, 0.25) is 0 Å². The Labute approximate surface area is 125 Å². The molecule has 0 aromatic heterocycles. The van der Waals surface area contributed by atoms with Gasteiger partial charge in [-0.15, -0.1) is 0 Å². The SMILES string of the molecule is CCNC(=NCc1ccccc1OC)NCCC(=O)OC. The van der Waals surface area contributed by atoms with Crippen molar-refractivity contribution in [3.63, 3.8) is 0 Å². The van der Waals surface area contributed by atoms with Crippen molar-refractivity contribution in [3.8, 4) is 5.75 Å². The lowest BCUT2D eigenvalue weighted by atomic mass is 10.2. The van der Waals surface area contributed by atoms with Gasteiger partial charge in [-0.2, -0.15) is 0 Å². The molecule has 0 fully saturated rings. The van der Waals surface area contributed by atoms with Crippen molar-refractivity contribution in [3.05, 3.63) is 29.8 Å². The highest BCUT2D eigenvalue weighted by Gasteiger charge is 2.03. The minimum Gasteiger partial charge on any atom is -0.496 e. The quantitative estimate of drug-likeness (QED) is 0.450. The van der Waals surface area contributed by atoms with Crippen molar-refractivity contribution in [2.75, 3.05) is 27.3 Å². The molecule has 0 heterocycles. The lowest BCUT2D eigenvalue weighted by Gasteiger charge is -2.11. The van der Waals surface area contributed by atoms with Gasteiger partial charge in [-0.05, 0) is 13.0 Å². The molecule has 1 aromatic carbocycles. The smallest absolute Gasteiger partial charge is 0.307 e. The zero-order chi connectivity index (χ0) is 15.5. The summed E-state index contributed by atoms with van der Waals surface area (Å²) < 4.78 is 9.89. The van der Waals surface area contributed by atoms with Crippen LogP contribution in [0.4, 0.5) is 0 Å². The van der Waals surface area contributed by atoms with E-state index in [0.29, 0.717) is 25.5 Å². The summed E-state index contributed by atoms with van der Waals surface area (Å²) in [7, 11) is 3.02. The van der Waals surface area contributed by atoms with E-state index in [-0.39, 0.29) is 5.97 Å². The van der Waals surface area contributed by atoms with E-state index in [1.807, 2.05) is 31.2 Å². The topological polar surface area (TPSA) is 72.0 Å². The van der Waals surface area contributed by atoms with Gasteiger partial charge >= 0.3 is 5.97 Å². The van der Waals surface area contributed by atoms with E-state index >= 15 is 0 Å². The minimum absolute atomic E-state index is 0.247. The van der Waals surface area contributed by atoms with Gasteiger partial charge in [-0.25, -0.2) is 4.99 Å². The second-order valence-corrected chi connectivity index (χ2v) is 4.26. The highest BCUT2D eigenvalue weighted by Crippen LogP contribution is 2.17. The van der Waals surface area contributed by atoms with Gasteiger partial charge in [-0.3, -0.25) is 4.79 Å². The van der Waals surface area contributed by atoms with Crippen molar-refractivity contribution in [2.24, 2.45) is 4.99 Å². The number of benzene rings is 1. The first-order valence-corrected chi connectivity index (χ1v) is 6.92. The molecule has 0 unspecified atom stereocenters. The zero-order valence-electron chi connectivity index (χ0n) is 12.8. The summed E-state index contributed by atoms with van der Waals surface area (Å²) in [6.45, 7) is 3.71. The number of hydrogen-bond donors (Lipinski definition) is 2. The molecule has 0 aliphatic rings. The van der Waals surface area contributed by atoms with Gasteiger partial charge in [0.25, 0.3) is 0 Å². The number of nitrogens with one attached hydrogen (secondary N) is 2. The molecule has 0 aliphatic heterocycles. The van der Waals surface area contributed by atoms with E-state index in [9.17, 15) is 4.79 Å². The molecule has 116 valence electrons. The molecule has 0 amide bonds. The molecule has 1 rings (SSSR count). The van der Waals surface area contributed by atoms with Crippen molar-refractivity contribution in [1.29, 1.82) is 0 Å². The third kappa shape index (κ3) is 6.16. The standard InChI is InChI=1S/C15H23N3O3/c1-4-16-15(17-10-9-14(19)21-3)18-11-12-7-5-6-8-13(12)20-2/h5-8H,4,9-11H2,1-3H3,(H2,16,17,18). The molecule has 0 spiro atoms. The van der Waals surface area contributed by atoms with Crippen LogP contribution < -0.4 is 15.4 Å². The van der Waals surface area contributed by atoms with E-state index in [4.69, 9.17) is 4.74 Å². The fourth-order valence-electron chi connectivity index (χ4n) is 1.72. The summed E-state index contributed by atoms with van der Waals surface area (Å²) in [6, 6.07) is 7.75. The fourth-order valence-corrected chi connectivity index (χ4v) is 1.72. The number of ether oxygens (including phenoxy) is 2. The largest absolute Gasteiger partial charge is 0.496 e. The number of rotatable bonds is 7. The number of carbonyl (C=O) groups is 1. The molecular formula is C15H23N3O3. The molecule has 2 N–H and O–H groups in total. The lowest BCUT2D eigenvalue weighted by Crippen LogP contribution is -2.38. The van der Waals surface area contributed by atoms with E-state index in [1.54, 1.807) is 7.11 Å². The predicted molar refractivity (Wildman–Crippen MR) is 82.4 cm³/mol. The first-order chi connectivity index (χ1) is 10.2.